The van der Waals surface area contributed by atoms with Crippen molar-refractivity contribution in [3.8, 4) is 28.4 Å². The molecule has 0 unspecified atom stereocenters. The number of rotatable bonds is 9. The van der Waals surface area contributed by atoms with E-state index in [1.165, 1.54) is 0 Å². The molecule has 32 heavy (non-hydrogen) atoms. The molecular weight excluding hydrogens is 396 g/mol. The maximum atomic E-state index is 6.20. The summed E-state index contributed by atoms with van der Waals surface area (Å²) in [5, 5.41) is 0. The van der Waals surface area contributed by atoms with Gasteiger partial charge in [-0.25, -0.2) is 4.99 Å². The highest BCUT2D eigenvalue weighted by molar-refractivity contribution is 5.71. The summed E-state index contributed by atoms with van der Waals surface area (Å²) in [7, 11) is 2.02. The average Bonchev–Trinajstić information content (AvgIpc) is 2.79. The quantitative estimate of drug-likeness (QED) is 0.262. The van der Waals surface area contributed by atoms with Crippen molar-refractivity contribution in [2.24, 2.45) is 10.9 Å². The molecular formula is C28H34N2O2. The topological polar surface area (TPSA) is 34.1 Å². The first kappa shape index (κ1) is 23.4. The number of nitrogens with zero attached hydrogens (tertiary/aromatic N) is 2. The third-order valence-electron chi connectivity index (χ3n) is 5.24. The summed E-state index contributed by atoms with van der Waals surface area (Å²) in [6.07, 6.45) is 1.86. The van der Waals surface area contributed by atoms with Crippen LogP contribution in [0.2, 0.25) is 0 Å². The lowest BCUT2D eigenvalue weighted by atomic mass is 10.0. The Hall–Kier alpha value is -3.27. The Kier molecular flexibility index (Phi) is 7.93. The van der Waals surface area contributed by atoms with E-state index in [4.69, 9.17) is 9.47 Å². The van der Waals surface area contributed by atoms with E-state index in [0.29, 0.717) is 12.5 Å². The highest BCUT2D eigenvalue weighted by Crippen LogP contribution is 2.34. The molecule has 0 amide bonds. The molecule has 3 aromatic carbocycles. The van der Waals surface area contributed by atoms with Crippen LogP contribution < -0.4 is 9.47 Å². The van der Waals surface area contributed by atoms with E-state index in [1.807, 2.05) is 55.5 Å². The predicted molar refractivity (Wildman–Crippen MR) is 135 cm³/mol. The number of benzene rings is 3. The monoisotopic (exact) mass is 430 g/mol. The average molecular weight is 431 g/mol. The molecule has 0 fully saturated rings. The summed E-state index contributed by atoms with van der Waals surface area (Å²) in [6.45, 7) is 12.1. The normalized spacial score (nSPS) is 11.2. The van der Waals surface area contributed by atoms with Gasteiger partial charge in [0.05, 0.1) is 18.6 Å². The van der Waals surface area contributed by atoms with Crippen LogP contribution in [0.1, 0.15) is 31.9 Å². The molecule has 0 saturated heterocycles. The summed E-state index contributed by atoms with van der Waals surface area (Å²) in [6, 6.07) is 20.5. The lowest BCUT2D eigenvalue weighted by Gasteiger charge is -2.15. The molecule has 3 rings (SSSR count). The molecule has 0 aromatic heterocycles. The molecule has 0 aliphatic carbocycles. The van der Waals surface area contributed by atoms with Crippen molar-refractivity contribution >= 4 is 12.0 Å². The van der Waals surface area contributed by atoms with Gasteiger partial charge < -0.3 is 14.4 Å². The summed E-state index contributed by atoms with van der Waals surface area (Å²) in [4.78, 5) is 6.65. The van der Waals surface area contributed by atoms with Gasteiger partial charge in [0, 0.05) is 19.2 Å². The van der Waals surface area contributed by atoms with Gasteiger partial charge in [0.1, 0.15) is 17.2 Å². The van der Waals surface area contributed by atoms with Crippen LogP contribution in [0.3, 0.4) is 0 Å². The third kappa shape index (κ3) is 6.13. The number of para-hydroxylation sites is 1. The van der Waals surface area contributed by atoms with E-state index in [0.717, 1.165) is 51.7 Å². The van der Waals surface area contributed by atoms with Crippen LogP contribution in [-0.2, 0) is 0 Å². The molecule has 0 N–H and O–H groups in total. The van der Waals surface area contributed by atoms with Crippen molar-refractivity contribution in [1.82, 2.24) is 4.90 Å². The van der Waals surface area contributed by atoms with Crippen molar-refractivity contribution in [1.29, 1.82) is 0 Å². The second kappa shape index (κ2) is 10.9. The zero-order chi connectivity index (χ0) is 23.1. The Balaban J connectivity index is 1.77. The van der Waals surface area contributed by atoms with Gasteiger partial charge >= 0.3 is 0 Å². The second-order valence-electron chi connectivity index (χ2n) is 8.55. The molecule has 0 bridgehead atoms. The summed E-state index contributed by atoms with van der Waals surface area (Å²) in [5.41, 5.74) is 5.29. The standard InChI is InChI=1S/C28H34N2O2/c1-7-30(6)19-29-26-16-22(5)28(17-21(26)4)32-24-14-12-23(13-15-24)25-10-8-9-11-27(25)31-18-20(2)3/h8-17,19-20H,7,18H2,1-6H3/b29-19+. The Bertz CT molecular complexity index is 1060. The zero-order valence-electron chi connectivity index (χ0n) is 20.1. The third-order valence-corrected chi connectivity index (χ3v) is 5.24. The lowest BCUT2D eigenvalue weighted by molar-refractivity contribution is 0.272. The molecule has 0 aliphatic heterocycles. The number of aryl methyl sites for hydroxylation is 2. The van der Waals surface area contributed by atoms with E-state index >= 15 is 0 Å². The Morgan fingerprint density at radius 3 is 2.34 bits per heavy atom. The summed E-state index contributed by atoms with van der Waals surface area (Å²) < 4.78 is 12.2. The Morgan fingerprint density at radius 1 is 0.938 bits per heavy atom. The summed E-state index contributed by atoms with van der Waals surface area (Å²) in [5.74, 6) is 3.04. The van der Waals surface area contributed by atoms with Crippen molar-refractivity contribution in [3.05, 3.63) is 71.8 Å². The summed E-state index contributed by atoms with van der Waals surface area (Å²) >= 11 is 0. The number of hydrogen-bond donors (Lipinski definition) is 0. The molecule has 168 valence electrons. The highest BCUT2D eigenvalue weighted by Gasteiger charge is 2.09. The molecule has 0 spiro atoms. The number of aliphatic imine (C=N–C) groups is 1. The number of ether oxygens (including phenoxy) is 2. The van der Waals surface area contributed by atoms with Gasteiger partial charge in [0.25, 0.3) is 0 Å². The minimum absolute atomic E-state index is 0.482. The lowest BCUT2D eigenvalue weighted by Crippen LogP contribution is -2.14. The molecule has 4 nitrogen and oxygen atoms in total. The van der Waals surface area contributed by atoms with Crippen molar-refractivity contribution in [3.63, 3.8) is 0 Å². The van der Waals surface area contributed by atoms with Crippen LogP contribution in [0, 0.1) is 19.8 Å². The van der Waals surface area contributed by atoms with Crippen LogP contribution in [0.4, 0.5) is 5.69 Å². The fourth-order valence-electron chi connectivity index (χ4n) is 3.18. The van der Waals surface area contributed by atoms with Gasteiger partial charge in [-0.15, -0.1) is 0 Å². The minimum Gasteiger partial charge on any atom is -0.493 e. The van der Waals surface area contributed by atoms with Gasteiger partial charge in [0.2, 0.25) is 0 Å². The molecule has 4 heteroatoms. The maximum Gasteiger partial charge on any atom is 0.130 e. The molecule has 3 aromatic rings. The van der Waals surface area contributed by atoms with Crippen LogP contribution in [0.5, 0.6) is 17.2 Å². The first-order valence-electron chi connectivity index (χ1n) is 11.2. The predicted octanol–water partition coefficient (Wildman–Crippen LogP) is 7.41. The van der Waals surface area contributed by atoms with Crippen molar-refractivity contribution in [2.75, 3.05) is 20.2 Å². The highest BCUT2D eigenvalue weighted by atomic mass is 16.5. The van der Waals surface area contributed by atoms with E-state index in [2.05, 4.69) is 63.0 Å². The molecule has 0 heterocycles. The molecule has 0 aliphatic rings. The Labute approximate surface area is 192 Å². The fraction of sp³-hybridized carbons (Fsp3) is 0.321. The van der Waals surface area contributed by atoms with Crippen LogP contribution in [0.15, 0.2) is 65.7 Å². The van der Waals surface area contributed by atoms with Gasteiger partial charge in [-0.1, -0.05) is 44.2 Å². The van der Waals surface area contributed by atoms with E-state index < -0.39 is 0 Å². The first-order valence-corrected chi connectivity index (χ1v) is 11.2. The van der Waals surface area contributed by atoms with Crippen molar-refractivity contribution < 1.29 is 9.47 Å². The number of hydrogen-bond acceptors (Lipinski definition) is 3. The van der Waals surface area contributed by atoms with Crippen molar-refractivity contribution in [2.45, 2.75) is 34.6 Å². The van der Waals surface area contributed by atoms with E-state index in [1.54, 1.807) is 0 Å². The van der Waals surface area contributed by atoms with Crippen LogP contribution in [0.25, 0.3) is 11.1 Å². The Morgan fingerprint density at radius 2 is 1.66 bits per heavy atom. The van der Waals surface area contributed by atoms with Gasteiger partial charge in [-0.3, -0.25) is 0 Å². The van der Waals surface area contributed by atoms with E-state index in [-0.39, 0.29) is 0 Å². The fourth-order valence-corrected chi connectivity index (χ4v) is 3.18. The van der Waals surface area contributed by atoms with Crippen LogP contribution in [-0.4, -0.2) is 31.4 Å². The second-order valence-corrected chi connectivity index (χ2v) is 8.55. The molecule has 0 saturated carbocycles. The maximum absolute atomic E-state index is 6.20. The van der Waals surface area contributed by atoms with E-state index in [9.17, 15) is 0 Å². The minimum atomic E-state index is 0.482. The van der Waals surface area contributed by atoms with Gasteiger partial charge in [-0.05, 0) is 73.7 Å². The largest absolute Gasteiger partial charge is 0.493 e. The first-order chi connectivity index (χ1) is 15.4. The van der Waals surface area contributed by atoms with Crippen LogP contribution >= 0.6 is 0 Å². The molecule has 0 atom stereocenters. The molecule has 0 radical (unpaired) electrons. The SMILES string of the molecule is CCN(C)/C=N/c1cc(C)c(Oc2ccc(-c3ccccc3OCC(C)C)cc2)cc1C. The zero-order valence-corrected chi connectivity index (χ0v) is 20.1. The smallest absolute Gasteiger partial charge is 0.130 e. The van der Waals surface area contributed by atoms with Gasteiger partial charge in [-0.2, -0.15) is 0 Å². The van der Waals surface area contributed by atoms with Gasteiger partial charge in [0.15, 0.2) is 0 Å².